The van der Waals surface area contributed by atoms with Gasteiger partial charge in [0.2, 0.25) is 0 Å². The molecule has 0 radical (unpaired) electrons. The van der Waals surface area contributed by atoms with Gasteiger partial charge in [0.05, 0.1) is 0 Å². The number of rotatable bonds is 7. The zero-order valence-electron chi connectivity index (χ0n) is 10.4. The van der Waals surface area contributed by atoms with Crippen molar-refractivity contribution >= 4 is 0 Å². The largest absolute Gasteiger partial charge is 0.385 e. The van der Waals surface area contributed by atoms with Crippen LogP contribution in [-0.2, 0) is 4.74 Å². The molecule has 1 rings (SSSR count). The first kappa shape index (κ1) is 13.0. The number of ether oxygens (including phenoxy) is 1. The van der Waals surface area contributed by atoms with E-state index in [1.54, 1.807) is 7.11 Å². The summed E-state index contributed by atoms with van der Waals surface area (Å²) in [4.78, 5) is 0. The molecule has 1 aliphatic rings. The molecule has 1 fully saturated rings. The van der Waals surface area contributed by atoms with E-state index in [0.29, 0.717) is 0 Å². The smallest absolute Gasteiger partial charge is 0.0462 e. The van der Waals surface area contributed by atoms with E-state index in [9.17, 15) is 0 Å². The Morgan fingerprint density at radius 2 is 2.07 bits per heavy atom. The van der Waals surface area contributed by atoms with Gasteiger partial charge in [-0.3, -0.25) is 0 Å². The molecule has 90 valence electrons. The molecule has 15 heavy (non-hydrogen) atoms. The second-order valence-corrected chi connectivity index (χ2v) is 4.74. The molecule has 0 aromatic heterocycles. The average Bonchev–Trinajstić information content (AvgIpc) is 2.28. The Morgan fingerprint density at radius 3 is 2.80 bits per heavy atom. The summed E-state index contributed by atoms with van der Waals surface area (Å²) < 4.78 is 5.13. The summed E-state index contributed by atoms with van der Waals surface area (Å²) in [5.74, 6) is 0.903. The maximum Gasteiger partial charge on any atom is 0.0462 e. The van der Waals surface area contributed by atoms with E-state index in [-0.39, 0.29) is 0 Å². The Bertz CT molecular complexity index is 149. The standard InChI is InChI=1S/C13H27NO/c1-3-10-14-13-9-5-4-7-12(13)8-6-11-15-2/h12-14H,3-11H2,1-2H3. The molecule has 0 aromatic rings. The van der Waals surface area contributed by atoms with Crippen LogP contribution in [0.4, 0.5) is 0 Å². The first-order valence-electron chi connectivity index (χ1n) is 6.60. The fraction of sp³-hybridized carbons (Fsp3) is 1.00. The van der Waals surface area contributed by atoms with Crippen LogP contribution in [0, 0.1) is 5.92 Å². The van der Waals surface area contributed by atoms with Crippen LogP contribution in [0.3, 0.4) is 0 Å². The summed E-state index contributed by atoms with van der Waals surface area (Å²) in [5.41, 5.74) is 0. The number of methoxy groups -OCH3 is 1. The summed E-state index contributed by atoms with van der Waals surface area (Å²) >= 11 is 0. The first-order valence-corrected chi connectivity index (χ1v) is 6.60. The van der Waals surface area contributed by atoms with Crippen LogP contribution in [0.1, 0.15) is 51.9 Å². The molecule has 2 nitrogen and oxygen atoms in total. The van der Waals surface area contributed by atoms with E-state index >= 15 is 0 Å². The van der Waals surface area contributed by atoms with Crippen molar-refractivity contribution < 1.29 is 4.74 Å². The van der Waals surface area contributed by atoms with Gasteiger partial charge in [-0.2, -0.15) is 0 Å². The zero-order valence-corrected chi connectivity index (χ0v) is 10.4. The molecule has 1 saturated carbocycles. The van der Waals surface area contributed by atoms with Gasteiger partial charge in [0.25, 0.3) is 0 Å². The highest BCUT2D eigenvalue weighted by Crippen LogP contribution is 2.28. The van der Waals surface area contributed by atoms with Gasteiger partial charge in [0.1, 0.15) is 0 Å². The van der Waals surface area contributed by atoms with Crippen LogP contribution in [0.15, 0.2) is 0 Å². The number of hydrogen-bond donors (Lipinski definition) is 1. The van der Waals surface area contributed by atoms with Crippen molar-refractivity contribution in [3.63, 3.8) is 0 Å². The highest BCUT2D eigenvalue weighted by molar-refractivity contribution is 4.80. The van der Waals surface area contributed by atoms with Crippen LogP contribution < -0.4 is 5.32 Å². The quantitative estimate of drug-likeness (QED) is 0.656. The third-order valence-electron chi connectivity index (χ3n) is 3.49. The van der Waals surface area contributed by atoms with Crippen molar-refractivity contribution in [1.82, 2.24) is 5.32 Å². The highest BCUT2D eigenvalue weighted by atomic mass is 16.5. The van der Waals surface area contributed by atoms with Crippen LogP contribution in [0.5, 0.6) is 0 Å². The molecular weight excluding hydrogens is 186 g/mol. The third kappa shape index (κ3) is 4.98. The number of hydrogen-bond acceptors (Lipinski definition) is 2. The molecule has 2 atom stereocenters. The van der Waals surface area contributed by atoms with Gasteiger partial charge in [-0.25, -0.2) is 0 Å². The SMILES string of the molecule is CCCNC1CCCCC1CCCOC. The van der Waals surface area contributed by atoms with Crippen LogP contribution in [0.2, 0.25) is 0 Å². The summed E-state index contributed by atoms with van der Waals surface area (Å²) in [6, 6.07) is 0.788. The van der Waals surface area contributed by atoms with E-state index in [0.717, 1.165) is 18.6 Å². The van der Waals surface area contributed by atoms with E-state index in [4.69, 9.17) is 4.74 Å². The number of nitrogens with one attached hydrogen (secondary N) is 1. The predicted molar refractivity (Wildman–Crippen MR) is 65.1 cm³/mol. The van der Waals surface area contributed by atoms with Gasteiger partial charge in [-0.1, -0.05) is 19.8 Å². The fourth-order valence-corrected chi connectivity index (χ4v) is 2.64. The van der Waals surface area contributed by atoms with E-state index < -0.39 is 0 Å². The highest BCUT2D eigenvalue weighted by Gasteiger charge is 2.23. The third-order valence-corrected chi connectivity index (χ3v) is 3.49. The first-order chi connectivity index (χ1) is 7.38. The van der Waals surface area contributed by atoms with Gasteiger partial charge in [-0.15, -0.1) is 0 Å². The van der Waals surface area contributed by atoms with Crippen molar-refractivity contribution in [3.8, 4) is 0 Å². The molecule has 0 amide bonds. The van der Waals surface area contributed by atoms with Crippen molar-refractivity contribution in [2.24, 2.45) is 5.92 Å². The lowest BCUT2D eigenvalue weighted by molar-refractivity contribution is 0.172. The Labute approximate surface area is 94.8 Å². The topological polar surface area (TPSA) is 21.3 Å². The van der Waals surface area contributed by atoms with Gasteiger partial charge < -0.3 is 10.1 Å². The Morgan fingerprint density at radius 1 is 1.27 bits per heavy atom. The lowest BCUT2D eigenvalue weighted by Crippen LogP contribution is -2.39. The van der Waals surface area contributed by atoms with Crippen LogP contribution in [0.25, 0.3) is 0 Å². The summed E-state index contributed by atoms with van der Waals surface area (Å²) in [7, 11) is 1.80. The molecule has 2 heteroatoms. The van der Waals surface area contributed by atoms with E-state index in [2.05, 4.69) is 12.2 Å². The minimum absolute atomic E-state index is 0.788. The summed E-state index contributed by atoms with van der Waals surface area (Å²) in [5, 5.41) is 3.71. The summed E-state index contributed by atoms with van der Waals surface area (Å²) in [6.07, 6.45) is 9.48. The Balaban J connectivity index is 2.22. The average molecular weight is 213 g/mol. The van der Waals surface area contributed by atoms with Gasteiger partial charge in [0.15, 0.2) is 0 Å². The zero-order chi connectivity index (χ0) is 10.9. The van der Waals surface area contributed by atoms with Gasteiger partial charge >= 0.3 is 0 Å². The molecule has 0 saturated heterocycles. The Kier molecular flexibility index (Phi) is 7.03. The summed E-state index contributed by atoms with van der Waals surface area (Å²) in [6.45, 7) is 4.36. The van der Waals surface area contributed by atoms with Crippen molar-refractivity contribution in [2.75, 3.05) is 20.3 Å². The van der Waals surface area contributed by atoms with Gasteiger partial charge in [0, 0.05) is 19.8 Å². The molecule has 1 N–H and O–H groups in total. The molecule has 0 spiro atoms. The molecule has 1 aliphatic carbocycles. The monoisotopic (exact) mass is 213 g/mol. The second kappa shape index (κ2) is 8.12. The lowest BCUT2D eigenvalue weighted by Gasteiger charge is -2.32. The van der Waals surface area contributed by atoms with E-state index in [1.165, 1.54) is 51.5 Å². The fourth-order valence-electron chi connectivity index (χ4n) is 2.64. The van der Waals surface area contributed by atoms with Crippen molar-refractivity contribution in [3.05, 3.63) is 0 Å². The van der Waals surface area contributed by atoms with Crippen molar-refractivity contribution in [2.45, 2.75) is 57.9 Å². The van der Waals surface area contributed by atoms with E-state index in [1.807, 2.05) is 0 Å². The van der Waals surface area contributed by atoms with Crippen LogP contribution in [-0.4, -0.2) is 26.3 Å². The molecular formula is C13H27NO. The van der Waals surface area contributed by atoms with Gasteiger partial charge in [-0.05, 0) is 44.6 Å². The molecule has 2 unspecified atom stereocenters. The van der Waals surface area contributed by atoms with Crippen molar-refractivity contribution in [1.29, 1.82) is 0 Å². The normalized spacial score (nSPS) is 26.8. The maximum absolute atomic E-state index is 5.13. The van der Waals surface area contributed by atoms with Crippen LogP contribution >= 0.6 is 0 Å². The molecule has 0 aromatic carbocycles. The molecule has 0 aliphatic heterocycles. The minimum Gasteiger partial charge on any atom is -0.385 e. The lowest BCUT2D eigenvalue weighted by atomic mass is 9.81. The predicted octanol–water partition coefficient (Wildman–Crippen LogP) is 2.97. The minimum atomic E-state index is 0.788. The second-order valence-electron chi connectivity index (χ2n) is 4.74. The molecule has 0 heterocycles. The maximum atomic E-state index is 5.13. The molecule has 0 bridgehead atoms. The Hall–Kier alpha value is -0.0800.